The molecule has 0 spiro atoms. The van der Waals surface area contributed by atoms with E-state index in [0.29, 0.717) is 6.61 Å². The molecule has 0 radical (unpaired) electrons. The van der Waals surface area contributed by atoms with Crippen molar-refractivity contribution in [1.29, 1.82) is 0 Å². The zero-order valence-corrected chi connectivity index (χ0v) is 12.8. The Hall–Kier alpha value is -1.19. The van der Waals surface area contributed by atoms with Crippen LogP contribution in [0.1, 0.15) is 26.3 Å². The highest BCUT2D eigenvalue weighted by atomic mass is 35.5. The Labute approximate surface area is 120 Å². The van der Waals surface area contributed by atoms with Crippen LogP contribution < -0.4 is 14.8 Å². The van der Waals surface area contributed by atoms with Crippen molar-refractivity contribution in [2.24, 2.45) is 0 Å². The van der Waals surface area contributed by atoms with E-state index in [1.54, 1.807) is 13.2 Å². The van der Waals surface area contributed by atoms with E-state index in [1.807, 2.05) is 18.2 Å². The monoisotopic (exact) mass is 283 g/mol. The predicted molar refractivity (Wildman–Crippen MR) is 80.1 cm³/mol. The molecule has 0 atom stereocenters. The number of hydrogen-bond acceptors (Lipinski definition) is 3. The quantitative estimate of drug-likeness (QED) is 0.863. The Bertz CT molecular complexity index is 425. The van der Waals surface area contributed by atoms with Crippen molar-refractivity contribution in [3.63, 3.8) is 0 Å². The summed E-state index contributed by atoms with van der Waals surface area (Å²) in [5, 5.41) is 3.44. The third-order valence-corrected chi connectivity index (χ3v) is 2.69. The lowest BCUT2D eigenvalue weighted by atomic mass is 10.1. The fourth-order valence-electron chi connectivity index (χ4n) is 1.48. The van der Waals surface area contributed by atoms with E-state index in [9.17, 15) is 0 Å². The van der Waals surface area contributed by atoms with Gasteiger partial charge in [0, 0.05) is 29.2 Å². The van der Waals surface area contributed by atoms with Crippen LogP contribution >= 0.6 is 11.6 Å². The first-order valence-corrected chi connectivity index (χ1v) is 6.70. The summed E-state index contributed by atoms with van der Waals surface area (Å²) in [5.74, 6) is 1.59. The first-order chi connectivity index (χ1) is 8.96. The number of rotatable bonds is 6. The number of benzene rings is 1. The number of ether oxygens (including phenoxy) is 2. The maximum absolute atomic E-state index is 5.69. The Balaban J connectivity index is 2.82. The molecular weight excluding hydrogens is 262 g/mol. The van der Waals surface area contributed by atoms with Crippen molar-refractivity contribution < 1.29 is 9.47 Å². The normalized spacial score (nSPS) is 11.8. The van der Waals surface area contributed by atoms with Crippen LogP contribution in [0.5, 0.6) is 11.5 Å². The molecule has 1 N–H and O–H groups in total. The third-order valence-electron chi connectivity index (χ3n) is 2.51. The van der Waals surface area contributed by atoms with Crippen molar-refractivity contribution in [2.75, 3.05) is 13.7 Å². The molecule has 0 fully saturated rings. The smallest absolute Gasteiger partial charge is 0.127 e. The zero-order chi connectivity index (χ0) is 14.3. The molecule has 19 heavy (non-hydrogen) atoms. The van der Waals surface area contributed by atoms with Gasteiger partial charge in [-0.25, -0.2) is 0 Å². The summed E-state index contributed by atoms with van der Waals surface area (Å²) in [4.78, 5) is 0. The molecule has 106 valence electrons. The van der Waals surface area contributed by atoms with Crippen molar-refractivity contribution in [3.05, 3.63) is 35.4 Å². The van der Waals surface area contributed by atoms with Gasteiger partial charge in [0.2, 0.25) is 0 Å². The van der Waals surface area contributed by atoms with E-state index in [1.165, 1.54) is 5.54 Å². The van der Waals surface area contributed by atoms with Crippen LogP contribution in [0.4, 0.5) is 0 Å². The Kier molecular flexibility index (Phi) is 6.19. The number of halogens is 1. The van der Waals surface area contributed by atoms with Crippen LogP contribution in [0, 0.1) is 0 Å². The van der Waals surface area contributed by atoms with Gasteiger partial charge >= 0.3 is 0 Å². The number of hydrogen-bond donors (Lipinski definition) is 1. The first-order valence-electron chi connectivity index (χ1n) is 6.26. The van der Waals surface area contributed by atoms with Crippen LogP contribution in [-0.4, -0.2) is 19.3 Å². The lowest BCUT2D eigenvalue weighted by Crippen LogP contribution is -2.35. The lowest BCUT2D eigenvalue weighted by molar-refractivity contribution is 0.347. The average Bonchev–Trinajstić information content (AvgIpc) is 2.36. The summed E-state index contributed by atoms with van der Waals surface area (Å²) in [6, 6.07) is 5.84. The molecular formula is C15H22ClNO2. The van der Waals surface area contributed by atoms with Crippen molar-refractivity contribution in [2.45, 2.75) is 32.9 Å². The molecule has 1 aromatic carbocycles. The number of methoxy groups -OCH3 is 1. The average molecular weight is 284 g/mol. The van der Waals surface area contributed by atoms with Crippen molar-refractivity contribution in [1.82, 2.24) is 5.32 Å². The summed E-state index contributed by atoms with van der Waals surface area (Å²) in [6.45, 7) is 7.58. The van der Waals surface area contributed by atoms with Gasteiger partial charge in [-0.2, -0.15) is 0 Å². The van der Waals surface area contributed by atoms with Gasteiger partial charge in [-0.05, 0) is 32.9 Å². The molecule has 3 nitrogen and oxygen atoms in total. The largest absolute Gasteiger partial charge is 0.497 e. The minimum Gasteiger partial charge on any atom is -0.497 e. The van der Waals surface area contributed by atoms with Crippen LogP contribution in [-0.2, 0) is 6.54 Å². The SMILES string of the molecule is COc1ccc(CNC(C)(C)C)c(OCC=CCl)c1. The standard InChI is InChI=1S/C15H22ClNO2/c1-15(2,3)17-11-12-6-7-13(18-4)10-14(12)19-9-5-8-16/h5-8,10,17H,9,11H2,1-4H3. The first kappa shape index (κ1) is 15.9. The molecule has 0 unspecified atom stereocenters. The molecule has 0 bridgehead atoms. The molecule has 0 amide bonds. The summed E-state index contributed by atoms with van der Waals surface area (Å²) in [5.41, 5.74) is 2.61. The molecule has 0 saturated heterocycles. The minimum absolute atomic E-state index is 0.0627. The lowest BCUT2D eigenvalue weighted by Gasteiger charge is -2.21. The van der Waals surface area contributed by atoms with Gasteiger partial charge in [-0.1, -0.05) is 17.7 Å². The topological polar surface area (TPSA) is 30.5 Å². The van der Waals surface area contributed by atoms with E-state index in [4.69, 9.17) is 21.1 Å². The fraction of sp³-hybridized carbons (Fsp3) is 0.467. The molecule has 0 aliphatic carbocycles. The van der Waals surface area contributed by atoms with Gasteiger partial charge in [-0.15, -0.1) is 0 Å². The molecule has 0 aliphatic rings. The van der Waals surface area contributed by atoms with Crippen molar-refractivity contribution >= 4 is 11.6 Å². The van der Waals surface area contributed by atoms with Crippen LogP contribution in [0.25, 0.3) is 0 Å². The predicted octanol–water partition coefficient (Wildman–Crippen LogP) is 3.71. The summed E-state index contributed by atoms with van der Waals surface area (Å²) in [7, 11) is 1.64. The second-order valence-electron chi connectivity index (χ2n) is 5.25. The van der Waals surface area contributed by atoms with E-state index in [-0.39, 0.29) is 5.54 Å². The highest BCUT2D eigenvalue weighted by Crippen LogP contribution is 2.25. The van der Waals surface area contributed by atoms with E-state index >= 15 is 0 Å². The van der Waals surface area contributed by atoms with Crippen LogP contribution in [0.2, 0.25) is 0 Å². The van der Waals surface area contributed by atoms with Gasteiger partial charge in [0.1, 0.15) is 18.1 Å². The van der Waals surface area contributed by atoms with Crippen molar-refractivity contribution in [3.8, 4) is 11.5 Å². The summed E-state index contributed by atoms with van der Waals surface area (Å²) >= 11 is 5.49. The van der Waals surface area contributed by atoms with Crippen LogP contribution in [0.3, 0.4) is 0 Å². The van der Waals surface area contributed by atoms with Gasteiger partial charge in [0.05, 0.1) is 7.11 Å². The van der Waals surface area contributed by atoms with Gasteiger partial charge < -0.3 is 14.8 Å². The zero-order valence-electron chi connectivity index (χ0n) is 12.0. The number of nitrogens with one attached hydrogen (secondary N) is 1. The highest BCUT2D eigenvalue weighted by molar-refractivity contribution is 6.25. The van der Waals surface area contributed by atoms with E-state index < -0.39 is 0 Å². The second kappa shape index (κ2) is 7.41. The Morgan fingerprint density at radius 2 is 2.05 bits per heavy atom. The molecule has 0 saturated carbocycles. The van der Waals surface area contributed by atoms with E-state index in [0.717, 1.165) is 23.6 Å². The molecule has 4 heteroatoms. The fourth-order valence-corrected chi connectivity index (χ4v) is 1.55. The summed E-state index contributed by atoms with van der Waals surface area (Å²) < 4.78 is 10.9. The Morgan fingerprint density at radius 1 is 1.32 bits per heavy atom. The maximum atomic E-state index is 5.69. The summed E-state index contributed by atoms with van der Waals surface area (Å²) in [6.07, 6.45) is 1.75. The van der Waals surface area contributed by atoms with E-state index in [2.05, 4.69) is 26.1 Å². The minimum atomic E-state index is 0.0627. The maximum Gasteiger partial charge on any atom is 0.127 e. The highest BCUT2D eigenvalue weighted by Gasteiger charge is 2.11. The molecule has 1 aromatic rings. The molecule has 0 aliphatic heterocycles. The molecule has 0 aromatic heterocycles. The van der Waals surface area contributed by atoms with Crippen LogP contribution in [0.15, 0.2) is 29.8 Å². The second-order valence-corrected chi connectivity index (χ2v) is 5.50. The molecule has 1 rings (SSSR count). The van der Waals surface area contributed by atoms with Gasteiger partial charge in [-0.3, -0.25) is 0 Å². The van der Waals surface area contributed by atoms with Gasteiger partial charge in [0.15, 0.2) is 0 Å². The third kappa shape index (κ3) is 5.99. The van der Waals surface area contributed by atoms with Gasteiger partial charge in [0.25, 0.3) is 0 Å². The molecule has 0 heterocycles. The Morgan fingerprint density at radius 3 is 2.63 bits per heavy atom.